The van der Waals surface area contributed by atoms with Crippen molar-refractivity contribution >= 4 is 40.4 Å². The van der Waals surface area contributed by atoms with Gasteiger partial charge in [-0.25, -0.2) is 0 Å². The molecule has 0 N–H and O–H groups in total. The first-order valence-electron chi connectivity index (χ1n) is 6.75. The molecule has 0 spiro atoms. The van der Waals surface area contributed by atoms with E-state index in [1.54, 1.807) is 23.2 Å². The summed E-state index contributed by atoms with van der Waals surface area (Å²) in [5.74, 6) is 0.525. The smallest absolute Gasteiger partial charge is 0.254 e. The number of likely N-dealkylation sites (tertiary alicyclic amines) is 1. The molecule has 4 rings (SSSR count). The van der Waals surface area contributed by atoms with E-state index in [9.17, 15) is 4.79 Å². The summed E-state index contributed by atoms with van der Waals surface area (Å²) in [7, 11) is 0. The Hall–Kier alpha value is -2.13. The van der Waals surface area contributed by atoms with Gasteiger partial charge in [0.1, 0.15) is 23.3 Å². The van der Waals surface area contributed by atoms with E-state index in [0.717, 1.165) is 40.9 Å². The minimum Gasteiger partial charge on any atom is -0.471 e. The Kier molecular flexibility index (Phi) is 3.43. The second kappa shape index (κ2) is 5.58. The number of nitrogens with zero attached hydrogens (tertiary/aromatic N) is 5. The molecule has 0 saturated carbocycles. The number of amides is 1. The van der Waals surface area contributed by atoms with Crippen molar-refractivity contribution in [2.45, 2.75) is 12.5 Å². The number of carbonyl (C=O) groups is 1. The molecule has 0 radical (unpaired) electrons. The summed E-state index contributed by atoms with van der Waals surface area (Å²) in [6, 6.07) is 5.42. The lowest BCUT2D eigenvalue weighted by Gasteiger charge is -2.16. The molecule has 0 bridgehead atoms. The maximum absolute atomic E-state index is 12.6. The third-order valence-corrected chi connectivity index (χ3v) is 4.58. The van der Waals surface area contributed by atoms with E-state index in [0.29, 0.717) is 24.5 Å². The zero-order valence-electron chi connectivity index (χ0n) is 11.4. The average Bonchev–Trinajstić information content (AvgIpc) is 3.27. The van der Waals surface area contributed by atoms with Gasteiger partial charge in [0.25, 0.3) is 5.91 Å². The highest BCUT2D eigenvalue weighted by atomic mass is 32.1. The molecule has 1 aliphatic heterocycles. The molecular weight excluding hydrogens is 322 g/mol. The number of ether oxygens (including phenoxy) is 1. The first-order valence-corrected chi connectivity index (χ1v) is 8.21. The summed E-state index contributed by atoms with van der Waals surface area (Å²) in [5.41, 5.74) is 2.22. The van der Waals surface area contributed by atoms with Crippen LogP contribution in [-0.4, -0.2) is 47.5 Å². The lowest BCUT2D eigenvalue weighted by molar-refractivity contribution is 0.0771. The fourth-order valence-electron chi connectivity index (χ4n) is 2.49. The molecule has 1 atom stereocenters. The Labute approximate surface area is 134 Å². The minimum atomic E-state index is -0.0301. The summed E-state index contributed by atoms with van der Waals surface area (Å²) in [4.78, 5) is 14.4. The zero-order chi connectivity index (χ0) is 14.9. The third kappa shape index (κ3) is 2.53. The number of benzene rings is 1. The fraction of sp³-hybridized carbons (Fsp3) is 0.308. The van der Waals surface area contributed by atoms with E-state index in [1.807, 2.05) is 6.07 Å². The van der Waals surface area contributed by atoms with Gasteiger partial charge in [-0.05, 0) is 18.2 Å². The zero-order valence-corrected chi connectivity index (χ0v) is 13.0. The van der Waals surface area contributed by atoms with Crippen molar-refractivity contribution in [3.8, 4) is 5.88 Å². The highest BCUT2D eigenvalue weighted by molar-refractivity contribution is 7.00. The normalized spacial score (nSPS) is 18.0. The van der Waals surface area contributed by atoms with E-state index in [2.05, 4.69) is 17.5 Å². The van der Waals surface area contributed by atoms with Gasteiger partial charge in [0.15, 0.2) is 0 Å². The number of aromatic nitrogens is 4. The first-order chi connectivity index (χ1) is 10.8. The van der Waals surface area contributed by atoms with E-state index in [-0.39, 0.29) is 12.0 Å². The summed E-state index contributed by atoms with van der Waals surface area (Å²) < 4.78 is 22.0. The van der Waals surface area contributed by atoms with Crippen LogP contribution in [0.25, 0.3) is 11.0 Å². The van der Waals surface area contributed by atoms with Crippen LogP contribution in [0.4, 0.5) is 0 Å². The maximum Gasteiger partial charge on any atom is 0.254 e. The minimum absolute atomic E-state index is 0.00240. The van der Waals surface area contributed by atoms with Crippen LogP contribution < -0.4 is 4.74 Å². The van der Waals surface area contributed by atoms with Crippen molar-refractivity contribution in [2.75, 3.05) is 13.1 Å². The summed E-state index contributed by atoms with van der Waals surface area (Å²) in [6.45, 7) is 1.23. The molecule has 22 heavy (non-hydrogen) atoms. The molecular formula is C13H11N5O2S2. The Bertz CT molecular complexity index is 804. The predicted molar refractivity (Wildman–Crippen MR) is 82.3 cm³/mol. The van der Waals surface area contributed by atoms with Crippen LogP contribution >= 0.6 is 23.5 Å². The van der Waals surface area contributed by atoms with E-state index < -0.39 is 0 Å². The van der Waals surface area contributed by atoms with Crippen LogP contribution in [0, 0.1) is 0 Å². The number of carbonyl (C=O) groups excluding carboxylic acids is 1. The Morgan fingerprint density at radius 1 is 1.23 bits per heavy atom. The SMILES string of the molecule is O=C(c1ccc2nsnc2c1)N1CCC(Oc2cnsn2)C1. The number of hydrogen-bond acceptors (Lipinski definition) is 8. The number of hydrogen-bond donors (Lipinski definition) is 0. The van der Waals surface area contributed by atoms with E-state index in [1.165, 1.54) is 0 Å². The largest absolute Gasteiger partial charge is 0.471 e. The highest BCUT2D eigenvalue weighted by Gasteiger charge is 2.29. The van der Waals surface area contributed by atoms with Crippen LogP contribution in [0.3, 0.4) is 0 Å². The van der Waals surface area contributed by atoms with Crippen LogP contribution in [0.1, 0.15) is 16.8 Å². The lowest BCUT2D eigenvalue weighted by Crippen LogP contribution is -2.30. The summed E-state index contributed by atoms with van der Waals surface area (Å²) in [5, 5.41) is 0. The van der Waals surface area contributed by atoms with Crippen LogP contribution in [0.2, 0.25) is 0 Å². The van der Waals surface area contributed by atoms with Gasteiger partial charge in [0, 0.05) is 18.5 Å². The van der Waals surface area contributed by atoms with Crippen molar-refractivity contribution in [1.82, 2.24) is 22.4 Å². The predicted octanol–water partition coefficient (Wildman–Crippen LogP) is 1.84. The molecule has 7 nitrogen and oxygen atoms in total. The molecule has 1 amide bonds. The molecule has 3 aromatic rings. The molecule has 9 heteroatoms. The molecule has 2 aromatic heterocycles. The number of rotatable bonds is 3. The highest BCUT2D eigenvalue weighted by Crippen LogP contribution is 2.20. The Morgan fingerprint density at radius 3 is 3.00 bits per heavy atom. The molecule has 1 aliphatic rings. The molecule has 0 aliphatic carbocycles. The van der Waals surface area contributed by atoms with Crippen molar-refractivity contribution in [3.63, 3.8) is 0 Å². The molecule has 1 unspecified atom stereocenters. The molecule has 112 valence electrons. The average molecular weight is 333 g/mol. The van der Waals surface area contributed by atoms with Crippen LogP contribution in [0.5, 0.6) is 5.88 Å². The fourth-order valence-corrected chi connectivity index (χ4v) is 3.36. The van der Waals surface area contributed by atoms with Gasteiger partial charge < -0.3 is 9.64 Å². The van der Waals surface area contributed by atoms with Gasteiger partial charge in [0.05, 0.1) is 30.0 Å². The van der Waals surface area contributed by atoms with Gasteiger partial charge in [-0.15, -0.1) is 4.37 Å². The molecule has 1 saturated heterocycles. The van der Waals surface area contributed by atoms with Crippen molar-refractivity contribution < 1.29 is 9.53 Å². The third-order valence-electron chi connectivity index (χ3n) is 3.56. The topological polar surface area (TPSA) is 81.1 Å². The monoisotopic (exact) mass is 333 g/mol. The molecule has 3 heterocycles. The van der Waals surface area contributed by atoms with Crippen LogP contribution in [-0.2, 0) is 0 Å². The van der Waals surface area contributed by atoms with Gasteiger partial charge in [0.2, 0.25) is 5.88 Å². The van der Waals surface area contributed by atoms with Gasteiger partial charge in [-0.1, -0.05) is 0 Å². The van der Waals surface area contributed by atoms with Crippen molar-refractivity contribution in [1.29, 1.82) is 0 Å². The van der Waals surface area contributed by atoms with Gasteiger partial charge in [-0.2, -0.15) is 13.1 Å². The van der Waals surface area contributed by atoms with Gasteiger partial charge >= 0.3 is 0 Å². The molecule has 1 aromatic carbocycles. The lowest BCUT2D eigenvalue weighted by atomic mass is 10.2. The van der Waals surface area contributed by atoms with E-state index >= 15 is 0 Å². The second-order valence-electron chi connectivity index (χ2n) is 4.99. The summed E-state index contributed by atoms with van der Waals surface area (Å²) >= 11 is 2.26. The quantitative estimate of drug-likeness (QED) is 0.727. The maximum atomic E-state index is 12.6. The Balaban J connectivity index is 1.46. The first kappa shape index (κ1) is 13.5. The van der Waals surface area contributed by atoms with Crippen LogP contribution in [0.15, 0.2) is 24.4 Å². The van der Waals surface area contributed by atoms with E-state index in [4.69, 9.17) is 4.74 Å². The summed E-state index contributed by atoms with van der Waals surface area (Å²) in [6.07, 6.45) is 2.36. The Morgan fingerprint density at radius 2 is 2.14 bits per heavy atom. The second-order valence-corrected chi connectivity index (χ2v) is 6.08. The van der Waals surface area contributed by atoms with Gasteiger partial charge in [-0.3, -0.25) is 4.79 Å². The molecule has 1 fully saturated rings. The number of fused-ring (bicyclic) bond motifs is 1. The van der Waals surface area contributed by atoms with Crippen molar-refractivity contribution in [2.24, 2.45) is 0 Å². The van der Waals surface area contributed by atoms with Crippen molar-refractivity contribution in [3.05, 3.63) is 30.0 Å². The standard InChI is InChI=1S/C13H11N5O2S2/c19-13(8-1-2-10-11(5-8)16-22-15-10)18-4-3-9(7-18)20-12-6-14-21-17-12/h1-2,5-6,9H,3-4,7H2.